The Morgan fingerprint density at radius 1 is 1.16 bits per heavy atom. The zero-order valence-electron chi connectivity index (χ0n) is 13.9. The quantitative estimate of drug-likeness (QED) is 0.717. The number of benzene rings is 2. The van der Waals surface area contributed by atoms with E-state index in [0.29, 0.717) is 24.0 Å². The molecule has 3 aromatic rings. The predicted molar refractivity (Wildman–Crippen MR) is 93.1 cm³/mol. The average molecular weight is 337 g/mol. The highest BCUT2D eigenvalue weighted by atomic mass is 16.5. The number of rotatable bonds is 7. The van der Waals surface area contributed by atoms with Crippen LogP contribution in [0.4, 0.5) is 0 Å². The van der Waals surface area contributed by atoms with Crippen LogP contribution in [-0.2, 0) is 11.2 Å². The van der Waals surface area contributed by atoms with Crippen molar-refractivity contribution in [3.63, 3.8) is 0 Å². The summed E-state index contributed by atoms with van der Waals surface area (Å²) in [5.74, 6) is 1.41. The van der Waals surface area contributed by atoms with Crippen molar-refractivity contribution in [1.82, 2.24) is 15.5 Å². The second-order valence-electron chi connectivity index (χ2n) is 5.55. The van der Waals surface area contributed by atoms with Crippen LogP contribution in [0.1, 0.15) is 11.4 Å². The maximum atomic E-state index is 11.9. The molecule has 1 heterocycles. The highest BCUT2D eigenvalue weighted by Gasteiger charge is 2.08. The summed E-state index contributed by atoms with van der Waals surface area (Å²) in [4.78, 5) is 16.1. The molecule has 0 fully saturated rings. The molecular weight excluding hydrogens is 318 g/mol. The molecule has 0 bridgehead atoms. The molecule has 0 atom stereocenters. The fourth-order valence-corrected chi connectivity index (χ4v) is 2.32. The third-order valence-electron chi connectivity index (χ3n) is 3.56. The zero-order chi connectivity index (χ0) is 17.5. The number of carbonyl (C=O) groups is 1. The fraction of sp³-hybridized carbons (Fsp3) is 0.211. The maximum Gasteiger partial charge on any atom is 0.258 e. The Morgan fingerprint density at radius 3 is 2.76 bits per heavy atom. The molecule has 0 saturated heterocycles. The lowest BCUT2D eigenvalue weighted by Crippen LogP contribution is -2.30. The topological polar surface area (TPSA) is 77.2 Å². The summed E-state index contributed by atoms with van der Waals surface area (Å²) in [5, 5.41) is 6.61. The van der Waals surface area contributed by atoms with Crippen LogP contribution in [0.3, 0.4) is 0 Å². The maximum absolute atomic E-state index is 11.9. The molecule has 0 unspecified atom stereocenters. The van der Waals surface area contributed by atoms with Crippen molar-refractivity contribution in [1.29, 1.82) is 0 Å². The molecule has 0 aliphatic rings. The molecule has 128 valence electrons. The summed E-state index contributed by atoms with van der Waals surface area (Å²) in [7, 11) is 0. The average Bonchev–Trinajstić information content (AvgIpc) is 3.08. The lowest BCUT2D eigenvalue weighted by atomic mass is 10.1. The summed E-state index contributed by atoms with van der Waals surface area (Å²) in [5.41, 5.74) is 1.94. The molecule has 0 radical (unpaired) electrons. The largest absolute Gasteiger partial charge is 0.484 e. The first-order valence-electron chi connectivity index (χ1n) is 8.05. The third kappa shape index (κ3) is 4.91. The predicted octanol–water partition coefficient (Wildman–Crippen LogP) is 2.78. The van der Waals surface area contributed by atoms with Crippen molar-refractivity contribution in [2.45, 2.75) is 13.3 Å². The van der Waals surface area contributed by atoms with E-state index in [1.54, 1.807) is 19.1 Å². The molecule has 6 heteroatoms. The minimum atomic E-state index is -0.157. The molecule has 2 aromatic carbocycles. The van der Waals surface area contributed by atoms with Crippen LogP contribution in [0.5, 0.6) is 5.75 Å². The van der Waals surface area contributed by atoms with Crippen molar-refractivity contribution < 1.29 is 14.1 Å². The standard InChI is InChI=1S/C19H19N3O3/c1-14-21-19(25-22-14)16-8-5-9-17(12-16)24-13-18(23)20-11-10-15-6-3-2-4-7-15/h2-9,12H,10-11,13H2,1H3,(H,20,23). The van der Waals surface area contributed by atoms with E-state index in [1.165, 1.54) is 5.56 Å². The highest BCUT2D eigenvalue weighted by Crippen LogP contribution is 2.22. The van der Waals surface area contributed by atoms with Crippen LogP contribution in [-0.4, -0.2) is 29.2 Å². The van der Waals surface area contributed by atoms with Gasteiger partial charge in [-0.1, -0.05) is 41.6 Å². The van der Waals surface area contributed by atoms with E-state index in [1.807, 2.05) is 42.5 Å². The van der Waals surface area contributed by atoms with Crippen LogP contribution in [0.2, 0.25) is 0 Å². The van der Waals surface area contributed by atoms with Crippen LogP contribution in [0.25, 0.3) is 11.5 Å². The highest BCUT2D eigenvalue weighted by molar-refractivity contribution is 5.77. The van der Waals surface area contributed by atoms with Gasteiger partial charge in [0.2, 0.25) is 0 Å². The van der Waals surface area contributed by atoms with Crippen LogP contribution >= 0.6 is 0 Å². The van der Waals surface area contributed by atoms with Crippen LogP contribution in [0, 0.1) is 6.92 Å². The molecule has 0 aliphatic carbocycles. The van der Waals surface area contributed by atoms with Gasteiger partial charge in [0.15, 0.2) is 12.4 Å². The first-order valence-corrected chi connectivity index (χ1v) is 8.05. The van der Waals surface area contributed by atoms with E-state index in [9.17, 15) is 4.79 Å². The van der Waals surface area contributed by atoms with Gasteiger partial charge in [0.1, 0.15) is 5.75 Å². The van der Waals surface area contributed by atoms with E-state index >= 15 is 0 Å². The second-order valence-corrected chi connectivity index (χ2v) is 5.55. The lowest BCUT2D eigenvalue weighted by Gasteiger charge is -2.08. The van der Waals surface area contributed by atoms with Crippen LogP contribution < -0.4 is 10.1 Å². The molecule has 1 N–H and O–H groups in total. The first kappa shape index (κ1) is 16.7. The van der Waals surface area contributed by atoms with Gasteiger partial charge in [-0.25, -0.2) is 0 Å². The molecule has 0 saturated carbocycles. The Labute approximate surface area is 145 Å². The third-order valence-corrected chi connectivity index (χ3v) is 3.56. The molecular formula is C19H19N3O3. The van der Waals surface area contributed by atoms with Gasteiger partial charge >= 0.3 is 0 Å². The van der Waals surface area contributed by atoms with Gasteiger partial charge in [-0.2, -0.15) is 4.98 Å². The van der Waals surface area contributed by atoms with Crippen molar-refractivity contribution in [3.05, 3.63) is 66.0 Å². The van der Waals surface area contributed by atoms with Crippen molar-refractivity contribution in [3.8, 4) is 17.2 Å². The number of aryl methyl sites for hydroxylation is 1. The Bertz CT molecular complexity index is 831. The van der Waals surface area contributed by atoms with Gasteiger partial charge in [-0.05, 0) is 37.1 Å². The van der Waals surface area contributed by atoms with E-state index < -0.39 is 0 Å². The molecule has 1 amide bonds. The SMILES string of the molecule is Cc1noc(-c2cccc(OCC(=O)NCCc3ccccc3)c2)n1. The van der Waals surface area contributed by atoms with Crippen molar-refractivity contribution in [2.24, 2.45) is 0 Å². The van der Waals surface area contributed by atoms with Crippen molar-refractivity contribution in [2.75, 3.05) is 13.2 Å². The van der Waals surface area contributed by atoms with Gasteiger partial charge < -0.3 is 14.6 Å². The molecule has 6 nitrogen and oxygen atoms in total. The zero-order valence-corrected chi connectivity index (χ0v) is 13.9. The smallest absolute Gasteiger partial charge is 0.258 e. The van der Waals surface area contributed by atoms with E-state index in [4.69, 9.17) is 9.26 Å². The Hall–Kier alpha value is -3.15. The number of aromatic nitrogens is 2. The monoisotopic (exact) mass is 337 g/mol. The number of nitrogens with one attached hydrogen (secondary N) is 1. The number of ether oxygens (including phenoxy) is 1. The first-order chi connectivity index (χ1) is 12.2. The summed E-state index contributed by atoms with van der Waals surface area (Å²) < 4.78 is 10.7. The number of amides is 1. The molecule has 0 aliphatic heterocycles. The second kappa shape index (κ2) is 8.10. The van der Waals surface area contributed by atoms with E-state index in [2.05, 4.69) is 15.5 Å². The molecule has 1 aromatic heterocycles. The minimum absolute atomic E-state index is 0.0406. The summed E-state index contributed by atoms with van der Waals surface area (Å²) in [6, 6.07) is 17.2. The van der Waals surface area contributed by atoms with Crippen LogP contribution in [0.15, 0.2) is 59.1 Å². The molecule has 25 heavy (non-hydrogen) atoms. The molecule has 3 rings (SSSR count). The Kier molecular flexibility index (Phi) is 5.41. The van der Waals surface area contributed by atoms with Gasteiger partial charge in [0.25, 0.3) is 11.8 Å². The molecule has 0 spiro atoms. The number of nitrogens with zero attached hydrogens (tertiary/aromatic N) is 2. The summed E-state index contributed by atoms with van der Waals surface area (Å²) >= 11 is 0. The van der Waals surface area contributed by atoms with Gasteiger partial charge in [-0.3, -0.25) is 4.79 Å². The number of hydrogen-bond donors (Lipinski definition) is 1. The number of carbonyl (C=O) groups excluding carboxylic acids is 1. The van der Waals surface area contributed by atoms with Gasteiger partial charge in [0, 0.05) is 12.1 Å². The van der Waals surface area contributed by atoms with E-state index in [0.717, 1.165) is 12.0 Å². The Balaban J connectivity index is 1.47. The normalized spacial score (nSPS) is 10.4. The van der Waals surface area contributed by atoms with Gasteiger partial charge in [-0.15, -0.1) is 0 Å². The number of hydrogen-bond acceptors (Lipinski definition) is 5. The minimum Gasteiger partial charge on any atom is -0.484 e. The Morgan fingerprint density at radius 2 is 2.00 bits per heavy atom. The lowest BCUT2D eigenvalue weighted by molar-refractivity contribution is -0.123. The fourth-order valence-electron chi connectivity index (χ4n) is 2.32. The van der Waals surface area contributed by atoms with Gasteiger partial charge in [0.05, 0.1) is 0 Å². The summed E-state index contributed by atoms with van der Waals surface area (Å²) in [6.07, 6.45) is 0.790. The van der Waals surface area contributed by atoms with Crippen molar-refractivity contribution >= 4 is 5.91 Å². The van der Waals surface area contributed by atoms with E-state index in [-0.39, 0.29) is 12.5 Å². The summed E-state index contributed by atoms with van der Waals surface area (Å²) in [6.45, 7) is 2.29.